The number of nitrogens with one attached hydrogen (secondary N) is 1. The Hall–Kier alpha value is -2.70. The molecule has 1 aromatic heterocycles. The van der Waals surface area contributed by atoms with Crippen LogP contribution >= 0.6 is 11.6 Å². The van der Waals surface area contributed by atoms with Crippen molar-refractivity contribution in [3.8, 4) is 5.69 Å². The van der Waals surface area contributed by atoms with Gasteiger partial charge in [0.1, 0.15) is 5.82 Å². The summed E-state index contributed by atoms with van der Waals surface area (Å²) >= 11 is 6.04. The van der Waals surface area contributed by atoms with E-state index in [1.807, 2.05) is 24.3 Å². The Morgan fingerprint density at radius 2 is 1.93 bits per heavy atom. The Morgan fingerprint density at radius 1 is 1.17 bits per heavy atom. The number of amides is 1. The quantitative estimate of drug-likeness (QED) is 0.683. The van der Waals surface area contributed by atoms with Gasteiger partial charge in [-0.05, 0) is 54.8 Å². The highest BCUT2D eigenvalue weighted by atomic mass is 35.5. The van der Waals surface area contributed by atoms with Crippen molar-refractivity contribution in [1.29, 1.82) is 0 Å². The molecule has 1 saturated heterocycles. The van der Waals surface area contributed by atoms with Crippen LogP contribution in [-0.4, -0.2) is 35.4 Å². The van der Waals surface area contributed by atoms with Crippen molar-refractivity contribution >= 4 is 17.5 Å². The second-order valence-corrected chi connectivity index (χ2v) is 7.64. The van der Waals surface area contributed by atoms with E-state index in [2.05, 4.69) is 10.4 Å². The highest BCUT2D eigenvalue weighted by Crippen LogP contribution is 2.35. The van der Waals surface area contributed by atoms with Crippen molar-refractivity contribution in [2.45, 2.75) is 18.3 Å². The smallest absolute Gasteiger partial charge is 0.271 e. The van der Waals surface area contributed by atoms with Crippen LogP contribution in [0, 0.1) is 5.82 Å². The van der Waals surface area contributed by atoms with Crippen LogP contribution in [0.25, 0.3) is 5.69 Å². The third-order valence-corrected chi connectivity index (χ3v) is 5.64. The van der Waals surface area contributed by atoms with Crippen LogP contribution in [0.15, 0.2) is 60.8 Å². The second-order valence-electron chi connectivity index (χ2n) is 7.21. The predicted octanol–water partition coefficient (Wildman–Crippen LogP) is 4.14. The van der Waals surface area contributed by atoms with Crippen molar-refractivity contribution in [2.75, 3.05) is 19.8 Å². The first-order valence-electron chi connectivity index (χ1n) is 9.49. The summed E-state index contributed by atoms with van der Waals surface area (Å²) in [6.07, 6.45) is 3.27. The van der Waals surface area contributed by atoms with E-state index in [1.54, 1.807) is 24.4 Å². The lowest BCUT2D eigenvalue weighted by atomic mass is 9.74. The fourth-order valence-corrected chi connectivity index (χ4v) is 3.81. The molecule has 0 radical (unpaired) electrons. The second kappa shape index (κ2) is 8.35. The van der Waals surface area contributed by atoms with Crippen LogP contribution in [0.5, 0.6) is 0 Å². The number of benzene rings is 2. The molecule has 0 atom stereocenters. The third-order valence-electron chi connectivity index (χ3n) is 5.39. The van der Waals surface area contributed by atoms with Gasteiger partial charge in [-0.3, -0.25) is 4.79 Å². The number of hydrogen-bond acceptors (Lipinski definition) is 3. The molecule has 0 saturated carbocycles. The van der Waals surface area contributed by atoms with Gasteiger partial charge in [-0.15, -0.1) is 0 Å². The van der Waals surface area contributed by atoms with E-state index in [4.69, 9.17) is 16.3 Å². The van der Waals surface area contributed by atoms with Gasteiger partial charge in [0.15, 0.2) is 5.69 Å². The monoisotopic (exact) mass is 413 g/mol. The van der Waals surface area contributed by atoms with Crippen molar-refractivity contribution in [1.82, 2.24) is 15.1 Å². The summed E-state index contributed by atoms with van der Waals surface area (Å²) < 4.78 is 20.5. The van der Waals surface area contributed by atoms with Gasteiger partial charge in [0.05, 0.1) is 5.69 Å². The van der Waals surface area contributed by atoms with Crippen LogP contribution < -0.4 is 5.32 Å². The predicted molar refractivity (Wildman–Crippen MR) is 109 cm³/mol. The maximum atomic E-state index is 13.4. The maximum Gasteiger partial charge on any atom is 0.271 e. The molecule has 1 aliphatic heterocycles. The Bertz CT molecular complexity index is 997. The number of halogens is 2. The summed E-state index contributed by atoms with van der Waals surface area (Å²) in [6, 6.07) is 15.5. The van der Waals surface area contributed by atoms with Gasteiger partial charge < -0.3 is 10.1 Å². The van der Waals surface area contributed by atoms with Gasteiger partial charge in [-0.2, -0.15) is 5.10 Å². The highest BCUT2D eigenvalue weighted by Gasteiger charge is 2.35. The minimum atomic E-state index is -0.353. The zero-order valence-electron chi connectivity index (χ0n) is 15.8. The Balaban J connectivity index is 1.49. The molecule has 5 nitrogen and oxygen atoms in total. The first-order valence-corrected chi connectivity index (χ1v) is 9.87. The molecule has 150 valence electrons. The number of nitrogens with zero attached hydrogens (tertiary/aromatic N) is 2. The molecule has 3 aromatic rings. The molecule has 2 aromatic carbocycles. The molecule has 0 unspecified atom stereocenters. The van der Waals surface area contributed by atoms with E-state index in [0.29, 0.717) is 30.5 Å². The number of carbonyl (C=O) groups excluding carboxylic acids is 1. The Labute approximate surface area is 173 Å². The average Bonchev–Trinajstić information content (AvgIpc) is 3.24. The van der Waals surface area contributed by atoms with E-state index in [9.17, 15) is 9.18 Å². The minimum Gasteiger partial charge on any atom is -0.381 e. The molecular weight excluding hydrogens is 393 g/mol. The normalized spacial score (nSPS) is 15.8. The van der Waals surface area contributed by atoms with E-state index >= 15 is 0 Å². The molecule has 1 aliphatic rings. The summed E-state index contributed by atoms with van der Waals surface area (Å²) in [7, 11) is 0. The van der Waals surface area contributed by atoms with E-state index in [0.717, 1.165) is 18.4 Å². The Kier molecular flexibility index (Phi) is 5.65. The zero-order valence-corrected chi connectivity index (χ0v) is 16.5. The van der Waals surface area contributed by atoms with Gasteiger partial charge in [-0.25, -0.2) is 9.07 Å². The molecule has 1 amide bonds. The molecule has 2 heterocycles. The van der Waals surface area contributed by atoms with Gasteiger partial charge in [-0.1, -0.05) is 29.8 Å². The van der Waals surface area contributed by atoms with Crippen molar-refractivity contribution in [3.05, 3.63) is 82.9 Å². The summed E-state index contributed by atoms with van der Waals surface area (Å²) in [5.41, 5.74) is 1.78. The number of ether oxygens (including phenoxy) is 1. The fraction of sp³-hybridized carbons (Fsp3) is 0.273. The summed E-state index contributed by atoms with van der Waals surface area (Å²) in [5, 5.41) is 7.99. The number of aromatic nitrogens is 2. The van der Waals surface area contributed by atoms with Crippen LogP contribution in [-0.2, 0) is 10.2 Å². The molecule has 1 fully saturated rings. The summed E-state index contributed by atoms with van der Waals surface area (Å²) in [4.78, 5) is 12.7. The van der Waals surface area contributed by atoms with Crippen molar-refractivity contribution < 1.29 is 13.9 Å². The lowest BCUT2D eigenvalue weighted by molar-refractivity contribution is 0.0486. The topological polar surface area (TPSA) is 56.1 Å². The van der Waals surface area contributed by atoms with Crippen LogP contribution in [0.1, 0.15) is 28.9 Å². The van der Waals surface area contributed by atoms with Gasteiger partial charge in [0.2, 0.25) is 0 Å². The van der Waals surface area contributed by atoms with Crippen LogP contribution in [0.4, 0.5) is 4.39 Å². The molecule has 7 heteroatoms. The van der Waals surface area contributed by atoms with Crippen molar-refractivity contribution in [2.24, 2.45) is 0 Å². The van der Waals surface area contributed by atoms with Crippen LogP contribution in [0.3, 0.4) is 0 Å². The Morgan fingerprint density at radius 3 is 2.66 bits per heavy atom. The molecule has 29 heavy (non-hydrogen) atoms. The maximum absolute atomic E-state index is 13.4. The molecule has 0 bridgehead atoms. The van der Waals surface area contributed by atoms with Gasteiger partial charge in [0, 0.05) is 36.4 Å². The number of rotatable bonds is 5. The lowest BCUT2D eigenvalue weighted by Crippen LogP contribution is -2.44. The van der Waals surface area contributed by atoms with E-state index in [-0.39, 0.29) is 22.8 Å². The molecule has 0 spiro atoms. The van der Waals surface area contributed by atoms with E-state index in [1.165, 1.54) is 16.8 Å². The SMILES string of the molecule is O=C(NCC1(c2ccc(Cl)cc2)CCOCC1)c1ccn(-c2cccc(F)c2)n1. The lowest BCUT2D eigenvalue weighted by Gasteiger charge is -2.38. The number of carbonyl (C=O) groups is 1. The molecule has 1 N–H and O–H groups in total. The zero-order chi connectivity index (χ0) is 20.3. The van der Waals surface area contributed by atoms with Gasteiger partial charge >= 0.3 is 0 Å². The minimum absolute atomic E-state index is 0.205. The molecular formula is C22H21ClFN3O2. The standard InChI is InChI=1S/C22H21ClFN3O2/c23-17-6-4-16(5-7-17)22(9-12-29-13-10-22)15-25-21(28)20-8-11-27(26-20)19-3-1-2-18(24)14-19/h1-8,11,14H,9-10,12-13,15H2,(H,25,28). The average molecular weight is 414 g/mol. The van der Waals surface area contributed by atoms with Crippen molar-refractivity contribution in [3.63, 3.8) is 0 Å². The first kappa shape index (κ1) is 19.6. The molecule has 0 aliphatic carbocycles. The third kappa shape index (κ3) is 4.33. The van der Waals surface area contributed by atoms with E-state index < -0.39 is 0 Å². The van der Waals surface area contributed by atoms with Crippen LogP contribution in [0.2, 0.25) is 5.02 Å². The van der Waals surface area contributed by atoms with Gasteiger partial charge in [0.25, 0.3) is 5.91 Å². The number of hydrogen-bond donors (Lipinski definition) is 1. The summed E-state index contributed by atoms with van der Waals surface area (Å²) in [5.74, 6) is -0.617. The highest BCUT2D eigenvalue weighted by molar-refractivity contribution is 6.30. The fourth-order valence-electron chi connectivity index (χ4n) is 3.68. The largest absolute Gasteiger partial charge is 0.381 e. The molecule has 4 rings (SSSR count). The summed E-state index contributed by atoms with van der Waals surface area (Å²) in [6.45, 7) is 1.77. The first-order chi connectivity index (χ1) is 14.1.